The summed E-state index contributed by atoms with van der Waals surface area (Å²) in [6, 6.07) is 0. The molecule has 0 aromatic carbocycles. The van der Waals surface area contributed by atoms with E-state index in [-0.39, 0.29) is 0 Å². The molecule has 0 aromatic rings. The van der Waals surface area contributed by atoms with Gasteiger partial charge in [0.1, 0.15) is 0 Å². The van der Waals surface area contributed by atoms with Crippen molar-refractivity contribution in [2.75, 3.05) is 0 Å². The van der Waals surface area contributed by atoms with E-state index in [9.17, 15) is 0 Å². The normalized spacial score (nSPS) is 11.5. The Labute approximate surface area is 51.8 Å². The molecule has 0 aliphatic rings. The number of hydrogen-bond donors (Lipinski definition) is 0. The third-order valence-electron chi connectivity index (χ3n) is 0.951. The molecule has 42 valence electrons. The van der Waals surface area contributed by atoms with Crippen LogP contribution in [0.4, 0.5) is 0 Å². The van der Waals surface area contributed by atoms with Crippen molar-refractivity contribution in [3.63, 3.8) is 0 Å². The molecule has 0 aliphatic carbocycles. The summed E-state index contributed by atoms with van der Waals surface area (Å²) in [5, 5.41) is 0. The predicted octanol–water partition coefficient (Wildman–Crippen LogP) is 1.60. The van der Waals surface area contributed by atoms with Crippen LogP contribution in [0.5, 0.6) is 0 Å². The van der Waals surface area contributed by atoms with Gasteiger partial charge in [0.05, 0.1) is 0 Å². The van der Waals surface area contributed by atoms with E-state index in [0.717, 1.165) is 0 Å². The zero-order valence-electron chi connectivity index (χ0n) is 5.52. The molecule has 1 heteroatoms. The van der Waals surface area contributed by atoms with Crippen molar-refractivity contribution in [2.45, 2.75) is 13.8 Å². The molecule has 0 unspecified atom stereocenters. The molecule has 0 aliphatic heterocycles. The molecule has 0 fully saturated rings. The standard InChI is InChI=1S/C7H11B/c1-4-6-8-7(3)5-2/h4-6H,1H2,2-3H3/b7-5-. The molecule has 0 saturated heterocycles. The second kappa shape index (κ2) is 4.57. The summed E-state index contributed by atoms with van der Waals surface area (Å²) in [6.45, 7) is 9.65. The molecule has 0 amide bonds. The second-order valence-corrected chi connectivity index (χ2v) is 1.63. The van der Waals surface area contributed by atoms with Gasteiger partial charge in [-0.15, -0.1) is 0 Å². The van der Waals surface area contributed by atoms with Gasteiger partial charge in [-0.2, -0.15) is 0 Å². The third-order valence-corrected chi connectivity index (χ3v) is 0.951. The van der Waals surface area contributed by atoms with Gasteiger partial charge < -0.3 is 0 Å². The quantitative estimate of drug-likeness (QED) is 0.469. The molecule has 0 bridgehead atoms. The summed E-state index contributed by atoms with van der Waals surface area (Å²) in [5.74, 6) is 1.93. The fraction of sp³-hybridized carbons (Fsp3) is 0.286. The van der Waals surface area contributed by atoms with Crippen LogP contribution in [0.1, 0.15) is 13.8 Å². The molecule has 0 heterocycles. The fourth-order valence-electron chi connectivity index (χ4n) is 0.316. The molecule has 0 saturated carbocycles. The average Bonchev–Trinajstić information content (AvgIpc) is 1.83. The van der Waals surface area contributed by atoms with E-state index in [2.05, 4.69) is 19.6 Å². The Morgan fingerprint density at radius 2 is 2.25 bits per heavy atom. The SMILES string of the molecule is C=CC=B/C(C)=C\C. The second-order valence-electron chi connectivity index (χ2n) is 1.63. The van der Waals surface area contributed by atoms with Gasteiger partial charge >= 0.3 is 50.9 Å². The molecule has 0 spiro atoms. The maximum absolute atomic E-state index is 3.55. The van der Waals surface area contributed by atoms with Crippen LogP contribution in [-0.2, 0) is 0 Å². The topological polar surface area (TPSA) is 0 Å². The van der Waals surface area contributed by atoms with Crippen LogP contribution in [0.3, 0.4) is 0 Å². The van der Waals surface area contributed by atoms with Crippen molar-refractivity contribution in [3.8, 4) is 0 Å². The summed E-state index contributed by atoms with van der Waals surface area (Å²) in [5.41, 5.74) is 1.27. The van der Waals surface area contributed by atoms with Crippen LogP contribution in [0.15, 0.2) is 24.2 Å². The number of hydrogen-bond acceptors (Lipinski definition) is 0. The molecule has 0 atom stereocenters. The Hall–Kier alpha value is -0.585. The van der Waals surface area contributed by atoms with E-state index in [0.29, 0.717) is 0 Å². The van der Waals surface area contributed by atoms with E-state index >= 15 is 0 Å². The van der Waals surface area contributed by atoms with E-state index in [1.54, 1.807) is 6.08 Å². The molecule has 8 heavy (non-hydrogen) atoms. The molecule has 0 nitrogen and oxygen atoms in total. The summed E-state index contributed by atoms with van der Waals surface area (Å²) < 4.78 is 0. The van der Waals surface area contributed by atoms with Gasteiger partial charge in [0.25, 0.3) is 0 Å². The van der Waals surface area contributed by atoms with Gasteiger partial charge in [-0.1, -0.05) is 0 Å². The van der Waals surface area contributed by atoms with E-state index < -0.39 is 0 Å². The van der Waals surface area contributed by atoms with Crippen LogP contribution in [-0.4, -0.2) is 12.9 Å². The van der Waals surface area contributed by atoms with Crippen molar-refractivity contribution < 1.29 is 0 Å². The minimum absolute atomic E-state index is 1.27. The van der Waals surface area contributed by atoms with Crippen LogP contribution >= 0.6 is 0 Å². The van der Waals surface area contributed by atoms with Gasteiger partial charge in [0, 0.05) is 0 Å². The average molecular weight is 106 g/mol. The van der Waals surface area contributed by atoms with Crippen molar-refractivity contribution in [1.29, 1.82) is 0 Å². The van der Waals surface area contributed by atoms with Gasteiger partial charge in [0.15, 0.2) is 0 Å². The fourth-order valence-corrected chi connectivity index (χ4v) is 0.316. The van der Waals surface area contributed by atoms with Gasteiger partial charge in [-0.05, 0) is 0 Å². The van der Waals surface area contributed by atoms with E-state index in [4.69, 9.17) is 0 Å². The molecule has 0 rings (SSSR count). The molecular formula is C7H11B. The summed E-state index contributed by atoms with van der Waals surface area (Å²) in [4.78, 5) is 0. The summed E-state index contributed by atoms with van der Waals surface area (Å²) in [7, 11) is 0. The Bertz CT molecular complexity index is 120. The molecular weight excluding hydrogens is 94.9 g/mol. The molecule has 0 radical (unpaired) electrons. The molecule has 0 aromatic heterocycles. The van der Waals surface area contributed by atoms with Crippen molar-refractivity contribution in [1.82, 2.24) is 0 Å². The first-order valence-corrected chi connectivity index (χ1v) is 2.73. The van der Waals surface area contributed by atoms with Gasteiger partial charge in [0.2, 0.25) is 0 Å². The van der Waals surface area contributed by atoms with E-state index in [1.807, 2.05) is 19.8 Å². The number of rotatable bonds is 2. The Morgan fingerprint density at radius 1 is 1.62 bits per heavy atom. The third kappa shape index (κ3) is 3.60. The maximum atomic E-state index is 3.55. The van der Waals surface area contributed by atoms with Crippen molar-refractivity contribution in [3.05, 3.63) is 24.2 Å². The van der Waals surface area contributed by atoms with E-state index in [1.165, 1.54) is 5.47 Å². The van der Waals surface area contributed by atoms with Crippen LogP contribution in [0.2, 0.25) is 0 Å². The minimum atomic E-state index is 1.27. The van der Waals surface area contributed by atoms with Crippen LogP contribution in [0.25, 0.3) is 0 Å². The zero-order valence-corrected chi connectivity index (χ0v) is 5.52. The van der Waals surface area contributed by atoms with Crippen LogP contribution in [0, 0.1) is 0 Å². The predicted molar refractivity (Wildman–Crippen MR) is 41.4 cm³/mol. The van der Waals surface area contributed by atoms with Crippen molar-refractivity contribution in [2.24, 2.45) is 0 Å². The van der Waals surface area contributed by atoms with Crippen molar-refractivity contribution >= 4 is 12.9 Å². The number of allylic oxidation sites excluding steroid dienone is 3. The Morgan fingerprint density at radius 3 is 2.62 bits per heavy atom. The zero-order chi connectivity index (χ0) is 6.41. The van der Waals surface area contributed by atoms with Gasteiger partial charge in [-0.3, -0.25) is 0 Å². The van der Waals surface area contributed by atoms with Crippen LogP contribution < -0.4 is 0 Å². The monoisotopic (exact) mass is 106 g/mol. The summed E-state index contributed by atoms with van der Waals surface area (Å²) >= 11 is 0. The first kappa shape index (κ1) is 7.41. The Balaban J connectivity index is 3.69. The summed E-state index contributed by atoms with van der Waals surface area (Å²) in [6.07, 6.45) is 3.83. The first-order valence-electron chi connectivity index (χ1n) is 2.73. The molecule has 0 N–H and O–H groups in total. The Kier molecular flexibility index (Phi) is 4.24. The van der Waals surface area contributed by atoms with Gasteiger partial charge in [-0.25, -0.2) is 0 Å². The first-order chi connectivity index (χ1) is 3.81.